The molecule has 2 heterocycles. The van der Waals surface area contributed by atoms with Crippen molar-refractivity contribution in [2.24, 2.45) is 0 Å². The van der Waals surface area contributed by atoms with Crippen LogP contribution in [0.1, 0.15) is 45.6 Å². The Morgan fingerprint density at radius 1 is 0.939 bits per heavy atom. The lowest BCUT2D eigenvalue weighted by atomic mass is 9.91. The summed E-state index contributed by atoms with van der Waals surface area (Å²) in [5.74, 6) is 0.167. The highest BCUT2D eigenvalue weighted by molar-refractivity contribution is 6.06. The van der Waals surface area contributed by atoms with Gasteiger partial charge in [-0.1, -0.05) is 60.2 Å². The maximum Gasteiger partial charge on any atom is 0.269 e. The second kappa shape index (κ2) is 8.31. The minimum Gasteiger partial charge on any atom is -0.269 e. The zero-order valence-corrected chi connectivity index (χ0v) is 17.9. The molecule has 0 N–H and O–H groups in total. The SMILES string of the molecule is Cc1ccc([C@H]2C[C@H](c3ccccc3)n3ncnc3N2C(=O)c2ccc([N+](=O)[O-])cc2)cc1. The van der Waals surface area contributed by atoms with Crippen LogP contribution in [0.5, 0.6) is 0 Å². The third kappa shape index (κ3) is 3.76. The second-order valence-corrected chi connectivity index (χ2v) is 8.07. The minimum absolute atomic E-state index is 0.0624. The van der Waals surface area contributed by atoms with Gasteiger partial charge < -0.3 is 0 Å². The van der Waals surface area contributed by atoms with Gasteiger partial charge in [-0.25, -0.2) is 4.68 Å². The van der Waals surface area contributed by atoms with Crippen LogP contribution >= 0.6 is 0 Å². The molecular formula is C25H21N5O3. The predicted molar refractivity (Wildman–Crippen MR) is 123 cm³/mol. The highest BCUT2D eigenvalue weighted by Gasteiger charge is 2.39. The van der Waals surface area contributed by atoms with Gasteiger partial charge in [0.15, 0.2) is 0 Å². The lowest BCUT2D eigenvalue weighted by Crippen LogP contribution is -2.42. The van der Waals surface area contributed by atoms with Gasteiger partial charge >= 0.3 is 0 Å². The fourth-order valence-electron chi connectivity index (χ4n) is 4.32. The van der Waals surface area contributed by atoms with E-state index in [4.69, 9.17) is 0 Å². The average Bonchev–Trinajstić information content (AvgIpc) is 3.33. The standard InChI is InChI=1S/C25H21N5O3/c1-17-7-9-19(10-8-17)22-15-23(18-5-3-2-4-6-18)29-25(26-16-27-29)28(22)24(31)20-11-13-21(14-12-20)30(32)33/h2-14,16,22-23H,15H2,1H3/t22-,23-/m1/s1. The third-order valence-corrected chi connectivity index (χ3v) is 6.01. The van der Waals surface area contributed by atoms with E-state index in [2.05, 4.69) is 22.2 Å². The van der Waals surface area contributed by atoms with E-state index in [1.807, 2.05) is 49.4 Å². The number of anilines is 1. The topological polar surface area (TPSA) is 94.2 Å². The number of fused-ring (bicyclic) bond motifs is 1. The lowest BCUT2D eigenvalue weighted by Gasteiger charge is -2.39. The summed E-state index contributed by atoms with van der Waals surface area (Å²) in [7, 11) is 0. The molecule has 0 unspecified atom stereocenters. The van der Waals surface area contributed by atoms with E-state index in [1.54, 1.807) is 9.58 Å². The Labute approximate surface area is 190 Å². The Morgan fingerprint density at radius 3 is 2.27 bits per heavy atom. The number of rotatable bonds is 4. The van der Waals surface area contributed by atoms with E-state index >= 15 is 0 Å². The molecule has 0 saturated heterocycles. The Hall–Kier alpha value is -4.33. The summed E-state index contributed by atoms with van der Waals surface area (Å²) in [6, 6.07) is 23.4. The maximum absolute atomic E-state index is 13.7. The van der Waals surface area contributed by atoms with Gasteiger partial charge in [-0.2, -0.15) is 10.1 Å². The van der Waals surface area contributed by atoms with Crippen LogP contribution in [-0.2, 0) is 0 Å². The van der Waals surface area contributed by atoms with Crippen molar-refractivity contribution < 1.29 is 9.72 Å². The van der Waals surface area contributed by atoms with Gasteiger partial charge in [0.1, 0.15) is 6.33 Å². The number of hydrogen-bond donors (Lipinski definition) is 0. The van der Waals surface area contributed by atoms with Crippen LogP contribution in [0.3, 0.4) is 0 Å². The monoisotopic (exact) mass is 439 g/mol. The second-order valence-electron chi connectivity index (χ2n) is 8.07. The number of aryl methyl sites for hydroxylation is 1. The van der Waals surface area contributed by atoms with Gasteiger partial charge in [0.05, 0.1) is 17.0 Å². The summed E-state index contributed by atoms with van der Waals surface area (Å²) in [5, 5.41) is 15.5. The van der Waals surface area contributed by atoms with Crippen LogP contribution in [0.15, 0.2) is 85.2 Å². The van der Waals surface area contributed by atoms with Crippen molar-refractivity contribution in [3.8, 4) is 0 Å². The fourth-order valence-corrected chi connectivity index (χ4v) is 4.32. The Bertz CT molecular complexity index is 1300. The molecule has 164 valence electrons. The summed E-state index contributed by atoms with van der Waals surface area (Å²) in [6.45, 7) is 2.02. The zero-order chi connectivity index (χ0) is 22.9. The van der Waals surface area contributed by atoms with Crippen molar-refractivity contribution >= 4 is 17.5 Å². The van der Waals surface area contributed by atoms with Gasteiger partial charge in [0, 0.05) is 17.7 Å². The van der Waals surface area contributed by atoms with Crippen LogP contribution in [0, 0.1) is 17.0 Å². The van der Waals surface area contributed by atoms with Crippen LogP contribution < -0.4 is 4.90 Å². The molecule has 0 aliphatic carbocycles. The number of benzene rings is 3. The number of carbonyl (C=O) groups excluding carboxylic acids is 1. The molecule has 0 spiro atoms. The van der Waals surface area contributed by atoms with Crippen LogP contribution in [-0.4, -0.2) is 25.6 Å². The van der Waals surface area contributed by atoms with Crippen LogP contribution in [0.25, 0.3) is 0 Å². The van der Waals surface area contributed by atoms with Crippen molar-refractivity contribution in [1.82, 2.24) is 14.8 Å². The smallest absolute Gasteiger partial charge is 0.269 e. The highest BCUT2D eigenvalue weighted by Crippen LogP contribution is 2.42. The van der Waals surface area contributed by atoms with E-state index in [9.17, 15) is 14.9 Å². The summed E-state index contributed by atoms with van der Waals surface area (Å²) in [6.07, 6.45) is 2.07. The minimum atomic E-state index is -0.481. The van der Waals surface area contributed by atoms with E-state index in [-0.39, 0.29) is 23.7 Å². The molecule has 5 rings (SSSR count). The first-order valence-corrected chi connectivity index (χ1v) is 10.6. The van der Waals surface area contributed by atoms with E-state index in [0.29, 0.717) is 17.9 Å². The largest absolute Gasteiger partial charge is 0.269 e. The molecule has 8 heteroatoms. The van der Waals surface area contributed by atoms with Crippen LogP contribution in [0.2, 0.25) is 0 Å². The first-order valence-electron chi connectivity index (χ1n) is 10.6. The highest BCUT2D eigenvalue weighted by atomic mass is 16.6. The Kier molecular flexibility index (Phi) is 5.18. The predicted octanol–water partition coefficient (Wildman–Crippen LogP) is 4.88. The normalized spacial score (nSPS) is 17.4. The average molecular weight is 439 g/mol. The number of amides is 1. The molecule has 4 aromatic rings. The maximum atomic E-state index is 13.7. The Balaban J connectivity index is 1.62. The van der Waals surface area contributed by atoms with E-state index < -0.39 is 4.92 Å². The number of nitro groups is 1. The van der Waals surface area contributed by atoms with Crippen molar-refractivity contribution in [3.05, 3.63) is 118 Å². The zero-order valence-electron chi connectivity index (χ0n) is 17.9. The summed E-state index contributed by atoms with van der Waals surface area (Å²) < 4.78 is 1.78. The number of carbonyl (C=O) groups is 1. The molecule has 33 heavy (non-hydrogen) atoms. The molecular weight excluding hydrogens is 418 g/mol. The van der Waals surface area contributed by atoms with Crippen LogP contribution in [0.4, 0.5) is 11.6 Å². The molecule has 2 atom stereocenters. The summed E-state index contributed by atoms with van der Waals surface area (Å²) in [5.41, 5.74) is 3.50. The van der Waals surface area contributed by atoms with Crippen molar-refractivity contribution in [3.63, 3.8) is 0 Å². The molecule has 8 nitrogen and oxygen atoms in total. The fraction of sp³-hybridized carbons (Fsp3) is 0.160. The molecule has 1 aliphatic heterocycles. The van der Waals surface area contributed by atoms with E-state index in [1.165, 1.54) is 30.6 Å². The summed E-state index contributed by atoms with van der Waals surface area (Å²) >= 11 is 0. The van der Waals surface area contributed by atoms with E-state index in [0.717, 1.165) is 16.7 Å². The molecule has 0 bridgehead atoms. The number of hydrogen-bond acceptors (Lipinski definition) is 5. The van der Waals surface area contributed by atoms with Gasteiger partial charge in [0.25, 0.3) is 11.6 Å². The molecule has 0 fully saturated rings. The van der Waals surface area contributed by atoms with Crippen molar-refractivity contribution in [2.75, 3.05) is 4.90 Å². The molecule has 3 aromatic carbocycles. The summed E-state index contributed by atoms with van der Waals surface area (Å²) in [4.78, 5) is 30.4. The quantitative estimate of drug-likeness (QED) is 0.334. The number of aromatic nitrogens is 3. The molecule has 0 radical (unpaired) electrons. The molecule has 1 amide bonds. The number of nitro benzene ring substituents is 1. The van der Waals surface area contributed by atoms with Crippen molar-refractivity contribution in [1.29, 1.82) is 0 Å². The van der Waals surface area contributed by atoms with Crippen molar-refractivity contribution in [2.45, 2.75) is 25.4 Å². The Morgan fingerprint density at radius 2 is 1.61 bits per heavy atom. The van der Waals surface area contributed by atoms with Gasteiger partial charge in [0.2, 0.25) is 5.95 Å². The first kappa shape index (κ1) is 20.6. The number of nitrogens with zero attached hydrogens (tertiary/aromatic N) is 5. The molecule has 0 saturated carbocycles. The third-order valence-electron chi connectivity index (χ3n) is 6.01. The lowest BCUT2D eigenvalue weighted by molar-refractivity contribution is -0.384. The van der Waals surface area contributed by atoms with Gasteiger partial charge in [-0.15, -0.1) is 0 Å². The first-order chi connectivity index (χ1) is 16.0. The van der Waals surface area contributed by atoms with Gasteiger partial charge in [-0.05, 0) is 36.6 Å². The molecule has 1 aromatic heterocycles. The molecule has 1 aliphatic rings. The van der Waals surface area contributed by atoms with Gasteiger partial charge in [-0.3, -0.25) is 19.8 Å². The number of non-ortho nitro benzene ring substituents is 1.